The molecule has 0 heterocycles. The van der Waals surface area contributed by atoms with Crippen LogP contribution in [0.25, 0.3) is 0 Å². The molecule has 72 valence electrons. The van der Waals surface area contributed by atoms with Gasteiger partial charge in [0.1, 0.15) is 0 Å². The van der Waals surface area contributed by atoms with Crippen molar-refractivity contribution in [2.75, 3.05) is 0 Å². The summed E-state index contributed by atoms with van der Waals surface area (Å²) in [6, 6.07) is 6.15. The minimum atomic E-state index is -0.906. The van der Waals surface area contributed by atoms with Crippen LogP contribution < -0.4 is 0 Å². The molecular formula is C9H12Br2OSi. The molecule has 0 spiro atoms. The van der Waals surface area contributed by atoms with Crippen LogP contribution in [0.3, 0.4) is 0 Å². The lowest BCUT2D eigenvalue weighted by atomic mass is 10.2. The summed E-state index contributed by atoms with van der Waals surface area (Å²) in [5, 5.41) is 0. The zero-order chi connectivity index (χ0) is 9.84. The second-order valence-electron chi connectivity index (χ2n) is 3.10. The van der Waals surface area contributed by atoms with Gasteiger partial charge < -0.3 is 4.43 Å². The Balaban J connectivity index is 2.67. The molecule has 0 fully saturated rings. The molecule has 0 aromatic heterocycles. The monoisotopic (exact) mass is 322 g/mol. The number of hydrogen-bond donors (Lipinski definition) is 0. The van der Waals surface area contributed by atoms with Crippen LogP contribution in [0.1, 0.15) is 5.56 Å². The number of rotatable bonds is 3. The summed E-state index contributed by atoms with van der Waals surface area (Å²) < 4.78 is 7.84. The smallest absolute Gasteiger partial charge is 0.171 e. The minimum Gasteiger partial charge on any atom is -0.416 e. The lowest BCUT2D eigenvalue weighted by molar-refractivity contribution is 0.314. The van der Waals surface area contributed by atoms with Crippen LogP contribution in [0.2, 0.25) is 13.1 Å². The van der Waals surface area contributed by atoms with Crippen LogP contribution in [-0.2, 0) is 11.0 Å². The first-order valence-electron chi connectivity index (χ1n) is 4.15. The Morgan fingerprint density at radius 1 is 1.31 bits per heavy atom. The summed E-state index contributed by atoms with van der Waals surface area (Å²) in [7, 11) is -0.906. The Bertz CT molecular complexity index is 289. The van der Waals surface area contributed by atoms with Gasteiger partial charge in [-0.1, -0.05) is 37.9 Å². The van der Waals surface area contributed by atoms with Gasteiger partial charge in [0.2, 0.25) is 0 Å². The molecule has 0 aliphatic heterocycles. The maximum Gasteiger partial charge on any atom is 0.171 e. The van der Waals surface area contributed by atoms with Gasteiger partial charge in [-0.3, -0.25) is 0 Å². The quantitative estimate of drug-likeness (QED) is 0.770. The summed E-state index contributed by atoms with van der Waals surface area (Å²) >= 11 is 6.92. The van der Waals surface area contributed by atoms with Gasteiger partial charge in [0.05, 0.1) is 6.61 Å². The lowest BCUT2D eigenvalue weighted by Gasteiger charge is -2.08. The van der Waals surface area contributed by atoms with Crippen molar-refractivity contribution in [2.24, 2.45) is 0 Å². The summed E-state index contributed by atoms with van der Waals surface area (Å²) in [5.41, 5.74) is 1.21. The molecule has 0 N–H and O–H groups in total. The Morgan fingerprint density at radius 2 is 2.00 bits per heavy atom. The highest BCUT2D eigenvalue weighted by molar-refractivity contribution is 9.11. The van der Waals surface area contributed by atoms with Gasteiger partial charge in [0, 0.05) is 8.95 Å². The van der Waals surface area contributed by atoms with Crippen molar-refractivity contribution in [3.8, 4) is 0 Å². The zero-order valence-corrected chi connectivity index (χ0v) is 12.0. The fourth-order valence-corrected chi connectivity index (χ4v) is 2.57. The van der Waals surface area contributed by atoms with E-state index in [2.05, 4.69) is 51.0 Å². The fraction of sp³-hybridized carbons (Fsp3) is 0.333. The van der Waals surface area contributed by atoms with Gasteiger partial charge in [0.25, 0.3) is 0 Å². The van der Waals surface area contributed by atoms with Crippen molar-refractivity contribution in [3.05, 3.63) is 32.7 Å². The molecule has 1 aromatic carbocycles. The van der Waals surface area contributed by atoms with E-state index in [9.17, 15) is 0 Å². The molecule has 1 nitrogen and oxygen atoms in total. The molecule has 0 radical (unpaired) electrons. The third kappa shape index (κ3) is 3.93. The van der Waals surface area contributed by atoms with Crippen molar-refractivity contribution in [1.82, 2.24) is 0 Å². The molecule has 0 aliphatic rings. The van der Waals surface area contributed by atoms with Crippen LogP contribution >= 0.6 is 31.9 Å². The molecule has 0 saturated heterocycles. The summed E-state index contributed by atoms with van der Waals surface area (Å²) in [4.78, 5) is 0. The van der Waals surface area contributed by atoms with E-state index >= 15 is 0 Å². The standard InChI is InChI=1S/C9H12Br2OSi/c1-13(2)12-6-7-3-4-8(10)5-9(7)11/h3-5,13H,6H2,1-2H3. The molecule has 13 heavy (non-hydrogen) atoms. The Hall–Kier alpha value is 0.357. The van der Waals surface area contributed by atoms with E-state index in [4.69, 9.17) is 4.43 Å². The Kier molecular flexibility index (Phi) is 4.65. The van der Waals surface area contributed by atoms with Crippen molar-refractivity contribution >= 4 is 40.9 Å². The number of benzene rings is 1. The van der Waals surface area contributed by atoms with Gasteiger partial charge in [-0.25, -0.2) is 0 Å². The van der Waals surface area contributed by atoms with Crippen LogP contribution in [0, 0.1) is 0 Å². The highest BCUT2D eigenvalue weighted by Gasteiger charge is 2.02. The van der Waals surface area contributed by atoms with Gasteiger partial charge in [-0.15, -0.1) is 0 Å². The van der Waals surface area contributed by atoms with Gasteiger partial charge in [0.15, 0.2) is 9.04 Å². The van der Waals surface area contributed by atoms with Crippen LogP contribution in [0.4, 0.5) is 0 Å². The molecule has 4 heteroatoms. The van der Waals surface area contributed by atoms with Crippen molar-refractivity contribution in [2.45, 2.75) is 19.7 Å². The van der Waals surface area contributed by atoms with E-state index in [1.54, 1.807) is 0 Å². The number of halogens is 2. The first-order chi connectivity index (χ1) is 6.09. The first kappa shape index (κ1) is 11.4. The zero-order valence-electron chi connectivity index (χ0n) is 7.68. The molecule has 0 saturated carbocycles. The predicted octanol–water partition coefficient (Wildman–Crippen LogP) is 3.71. The van der Waals surface area contributed by atoms with Crippen LogP contribution in [0.5, 0.6) is 0 Å². The van der Waals surface area contributed by atoms with Crippen LogP contribution in [0.15, 0.2) is 27.1 Å². The van der Waals surface area contributed by atoms with Crippen molar-refractivity contribution in [3.63, 3.8) is 0 Å². The minimum absolute atomic E-state index is 0.720. The average molecular weight is 324 g/mol. The molecule has 0 bridgehead atoms. The third-order valence-electron chi connectivity index (χ3n) is 1.59. The molecule has 1 rings (SSSR count). The summed E-state index contributed by atoms with van der Waals surface area (Å²) in [6.07, 6.45) is 0. The van der Waals surface area contributed by atoms with Crippen molar-refractivity contribution in [1.29, 1.82) is 0 Å². The van der Waals surface area contributed by atoms with E-state index in [1.165, 1.54) is 5.56 Å². The van der Waals surface area contributed by atoms with E-state index in [-0.39, 0.29) is 0 Å². The van der Waals surface area contributed by atoms with Gasteiger partial charge in [-0.2, -0.15) is 0 Å². The van der Waals surface area contributed by atoms with Gasteiger partial charge in [-0.05, 0) is 30.8 Å². The fourth-order valence-electron chi connectivity index (χ4n) is 0.895. The van der Waals surface area contributed by atoms with E-state index in [1.807, 2.05) is 12.1 Å². The van der Waals surface area contributed by atoms with Crippen molar-refractivity contribution < 1.29 is 4.43 Å². The molecule has 0 amide bonds. The maximum atomic E-state index is 5.64. The number of hydrogen-bond acceptors (Lipinski definition) is 1. The Morgan fingerprint density at radius 3 is 2.54 bits per heavy atom. The Labute approximate surface area is 97.5 Å². The third-order valence-corrected chi connectivity index (χ3v) is 3.65. The van der Waals surface area contributed by atoms with E-state index in [0.717, 1.165) is 15.6 Å². The predicted molar refractivity (Wildman–Crippen MR) is 65.5 cm³/mol. The second kappa shape index (κ2) is 5.29. The highest BCUT2D eigenvalue weighted by atomic mass is 79.9. The summed E-state index contributed by atoms with van der Waals surface area (Å²) in [5.74, 6) is 0. The lowest BCUT2D eigenvalue weighted by Crippen LogP contribution is -2.07. The summed E-state index contributed by atoms with van der Waals surface area (Å²) in [6.45, 7) is 5.07. The second-order valence-corrected chi connectivity index (χ2v) is 7.30. The molecule has 0 unspecified atom stereocenters. The molecule has 1 aromatic rings. The maximum absolute atomic E-state index is 5.64. The van der Waals surface area contributed by atoms with E-state index < -0.39 is 9.04 Å². The topological polar surface area (TPSA) is 9.23 Å². The SMILES string of the molecule is C[SiH](C)OCc1ccc(Br)cc1Br. The first-order valence-corrected chi connectivity index (χ1v) is 8.52. The molecule has 0 atom stereocenters. The van der Waals surface area contributed by atoms with Gasteiger partial charge >= 0.3 is 0 Å². The molecular weight excluding hydrogens is 312 g/mol. The molecule has 0 aliphatic carbocycles. The largest absolute Gasteiger partial charge is 0.416 e. The normalized spacial score (nSPS) is 10.8. The highest BCUT2D eigenvalue weighted by Crippen LogP contribution is 2.22. The van der Waals surface area contributed by atoms with E-state index in [0.29, 0.717) is 0 Å². The average Bonchev–Trinajstić information content (AvgIpc) is 2.02. The van der Waals surface area contributed by atoms with Crippen LogP contribution in [-0.4, -0.2) is 9.04 Å².